The first kappa shape index (κ1) is 17.8. The number of benzene rings is 3. The van der Waals surface area contributed by atoms with Crippen molar-refractivity contribution in [2.75, 3.05) is 0 Å². The monoisotopic (exact) mass is 456 g/mol. The van der Waals surface area contributed by atoms with Gasteiger partial charge in [0.1, 0.15) is 0 Å². The summed E-state index contributed by atoms with van der Waals surface area (Å²) >= 11 is -4.03. The summed E-state index contributed by atoms with van der Waals surface area (Å²) in [5.74, 6) is -0.414. The Morgan fingerprint density at radius 2 is 1.20 bits per heavy atom. The Labute approximate surface area is 155 Å². The molecular weight excluding hydrogens is 438 g/mol. The summed E-state index contributed by atoms with van der Waals surface area (Å²) in [7, 11) is 7.00. The van der Waals surface area contributed by atoms with E-state index < -0.39 is 23.6 Å². The van der Waals surface area contributed by atoms with Gasteiger partial charge in [0, 0.05) is 0 Å². The van der Waals surface area contributed by atoms with E-state index in [1.165, 1.54) is 6.08 Å². The van der Waals surface area contributed by atoms with Crippen LogP contribution in [0.15, 0.2) is 97.1 Å². The van der Waals surface area contributed by atoms with E-state index >= 15 is 0 Å². The van der Waals surface area contributed by atoms with E-state index in [4.69, 9.17) is 12.0 Å². The Balaban J connectivity index is 1.88. The average molecular weight is 456 g/mol. The van der Waals surface area contributed by atoms with Crippen LogP contribution in [-0.4, -0.2) is 23.6 Å². The fraction of sp³-hybridized carbons (Fsp3) is 0. The maximum absolute atomic E-state index is 12.4. The molecule has 0 aliphatic rings. The van der Waals surface area contributed by atoms with Crippen molar-refractivity contribution in [1.29, 1.82) is 0 Å². The van der Waals surface area contributed by atoms with Crippen molar-refractivity contribution in [3.05, 3.63) is 103 Å². The molecule has 0 saturated carbocycles. The van der Waals surface area contributed by atoms with Crippen LogP contribution in [0.1, 0.15) is 5.56 Å². The second kappa shape index (κ2) is 8.36. The van der Waals surface area contributed by atoms with Crippen molar-refractivity contribution in [3.8, 4) is 0 Å². The SMILES string of the molecule is O=C(/C=C/c1ccccc1)[O][Sn]([Cl])([c]1ccccc1)[c]1ccccc1. The van der Waals surface area contributed by atoms with Gasteiger partial charge < -0.3 is 0 Å². The van der Waals surface area contributed by atoms with Gasteiger partial charge in [0.25, 0.3) is 0 Å². The molecule has 3 rings (SSSR count). The van der Waals surface area contributed by atoms with Crippen molar-refractivity contribution in [2.45, 2.75) is 0 Å². The van der Waals surface area contributed by atoms with Gasteiger partial charge in [0.15, 0.2) is 0 Å². The summed E-state index contributed by atoms with van der Waals surface area (Å²) in [6, 6.07) is 28.9. The molecule has 0 heterocycles. The van der Waals surface area contributed by atoms with Crippen LogP contribution < -0.4 is 7.16 Å². The van der Waals surface area contributed by atoms with E-state index in [0.717, 1.165) is 12.7 Å². The van der Waals surface area contributed by atoms with Gasteiger partial charge in [-0.15, -0.1) is 0 Å². The molecule has 3 aromatic rings. The molecule has 0 unspecified atom stereocenters. The fourth-order valence-electron chi connectivity index (χ4n) is 2.49. The predicted molar refractivity (Wildman–Crippen MR) is 105 cm³/mol. The van der Waals surface area contributed by atoms with Crippen LogP contribution in [0.5, 0.6) is 0 Å². The first-order valence-electron chi connectivity index (χ1n) is 7.94. The Bertz CT molecular complexity index is 809. The summed E-state index contributed by atoms with van der Waals surface area (Å²) in [6.07, 6.45) is 3.18. The molecule has 0 atom stereocenters. The second-order valence-corrected chi connectivity index (χ2v) is 16.3. The van der Waals surface area contributed by atoms with Gasteiger partial charge in [-0.25, -0.2) is 0 Å². The Morgan fingerprint density at radius 1 is 0.760 bits per heavy atom. The van der Waals surface area contributed by atoms with Gasteiger partial charge in [0.2, 0.25) is 0 Å². The number of hydrogen-bond donors (Lipinski definition) is 0. The van der Waals surface area contributed by atoms with Crippen LogP contribution >= 0.6 is 8.92 Å². The van der Waals surface area contributed by atoms with Gasteiger partial charge in [-0.05, 0) is 0 Å². The number of rotatable bonds is 5. The normalized spacial score (nSPS) is 11.4. The van der Waals surface area contributed by atoms with Crippen LogP contribution in [0.4, 0.5) is 0 Å². The van der Waals surface area contributed by atoms with Crippen molar-refractivity contribution in [2.24, 2.45) is 0 Å². The zero-order valence-electron chi connectivity index (χ0n) is 13.5. The molecule has 0 saturated heterocycles. The number of carbonyl (C=O) groups excluding carboxylic acids is 1. The molecule has 0 fully saturated rings. The average Bonchev–Trinajstić information content (AvgIpc) is 2.68. The Morgan fingerprint density at radius 3 is 1.68 bits per heavy atom. The van der Waals surface area contributed by atoms with Crippen LogP contribution in [0.2, 0.25) is 0 Å². The van der Waals surface area contributed by atoms with Gasteiger partial charge in [-0.1, -0.05) is 0 Å². The van der Waals surface area contributed by atoms with Crippen LogP contribution in [0, 0.1) is 0 Å². The molecule has 25 heavy (non-hydrogen) atoms. The minimum absolute atomic E-state index is 0.414. The minimum atomic E-state index is -4.03. The Hall–Kier alpha value is -2.04. The third kappa shape index (κ3) is 4.53. The zero-order chi connectivity index (χ0) is 17.5. The van der Waals surface area contributed by atoms with Crippen molar-refractivity contribution >= 4 is 45.8 Å². The predicted octanol–water partition coefficient (Wildman–Crippen LogP) is 3.74. The fourth-order valence-corrected chi connectivity index (χ4v) is 10.8. The standard InChI is InChI=1S/C9H8O2.2C6H5.ClH.Sn/c10-9(11)7-6-8-4-2-1-3-5-8;2*1-2-4-6-5-3-1;;/h1-7H,(H,10,11);2*1-5H;1H;/q;;;;+2/p-2/b7-6+;;;;. The third-order valence-corrected chi connectivity index (χ3v) is 14.7. The van der Waals surface area contributed by atoms with Crippen LogP contribution in [-0.2, 0) is 7.87 Å². The van der Waals surface area contributed by atoms with Crippen LogP contribution in [0.25, 0.3) is 6.08 Å². The molecule has 0 radical (unpaired) electrons. The van der Waals surface area contributed by atoms with Gasteiger partial charge in [-0.2, -0.15) is 0 Å². The van der Waals surface area contributed by atoms with E-state index in [9.17, 15) is 4.79 Å². The summed E-state index contributed by atoms with van der Waals surface area (Å²) in [5.41, 5.74) is 0.939. The molecule has 2 nitrogen and oxygen atoms in total. The molecule has 0 spiro atoms. The molecule has 0 amide bonds. The summed E-state index contributed by atoms with van der Waals surface area (Å²) < 4.78 is 7.70. The summed E-state index contributed by atoms with van der Waals surface area (Å²) in [6.45, 7) is 0. The van der Waals surface area contributed by atoms with E-state index in [0.29, 0.717) is 0 Å². The van der Waals surface area contributed by atoms with E-state index in [1.54, 1.807) is 6.08 Å². The van der Waals surface area contributed by atoms with Crippen molar-refractivity contribution < 1.29 is 7.87 Å². The molecule has 3 aromatic carbocycles. The topological polar surface area (TPSA) is 26.3 Å². The summed E-state index contributed by atoms with van der Waals surface area (Å²) in [4.78, 5) is 12.4. The molecule has 0 N–H and O–H groups in total. The van der Waals surface area contributed by atoms with Gasteiger partial charge >= 0.3 is 156 Å². The number of halogens is 1. The molecule has 4 heteroatoms. The van der Waals surface area contributed by atoms with Crippen LogP contribution in [0.3, 0.4) is 0 Å². The molecule has 0 bridgehead atoms. The van der Waals surface area contributed by atoms with Gasteiger partial charge in [-0.3, -0.25) is 0 Å². The summed E-state index contributed by atoms with van der Waals surface area (Å²) in [5, 5.41) is 0. The van der Waals surface area contributed by atoms with Crippen molar-refractivity contribution in [3.63, 3.8) is 0 Å². The van der Waals surface area contributed by atoms with Gasteiger partial charge in [0.05, 0.1) is 0 Å². The number of carbonyl (C=O) groups is 1. The molecular formula is C21H17ClO2Sn. The molecule has 0 aromatic heterocycles. The quantitative estimate of drug-likeness (QED) is 0.433. The zero-order valence-corrected chi connectivity index (χ0v) is 17.1. The number of hydrogen-bond acceptors (Lipinski definition) is 2. The third-order valence-electron chi connectivity index (χ3n) is 3.74. The molecule has 0 aliphatic carbocycles. The maximum atomic E-state index is 12.4. The molecule has 0 aliphatic heterocycles. The van der Waals surface area contributed by atoms with E-state index in [1.807, 2.05) is 91.0 Å². The van der Waals surface area contributed by atoms with Crippen molar-refractivity contribution in [1.82, 2.24) is 0 Å². The first-order valence-corrected chi connectivity index (χ1v) is 15.6. The first-order chi connectivity index (χ1) is 12.2. The van der Waals surface area contributed by atoms with E-state index in [2.05, 4.69) is 0 Å². The Kier molecular flexibility index (Phi) is 5.95. The second-order valence-electron chi connectivity index (χ2n) is 5.49. The molecule has 124 valence electrons. The van der Waals surface area contributed by atoms with E-state index in [-0.39, 0.29) is 0 Å².